The van der Waals surface area contributed by atoms with Gasteiger partial charge in [0.1, 0.15) is 11.9 Å². The number of nitrogens with one attached hydrogen (secondary N) is 1. The number of halogens is 1. The van der Waals surface area contributed by atoms with Gasteiger partial charge in [0, 0.05) is 18.7 Å². The smallest absolute Gasteiger partial charge is 0.461 e. The summed E-state index contributed by atoms with van der Waals surface area (Å²) in [6.45, 7) is 4.16. The summed E-state index contributed by atoms with van der Waals surface area (Å²) in [7, 11) is 1.53. The lowest BCUT2D eigenvalue weighted by Gasteiger charge is -2.45. The van der Waals surface area contributed by atoms with Gasteiger partial charge in [-0.15, -0.1) is 0 Å². The van der Waals surface area contributed by atoms with Crippen molar-refractivity contribution in [3.8, 4) is 16.9 Å². The van der Waals surface area contributed by atoms with Gasteiger partial charge in [0.05, 0.1) is 11.2 Å². The first kappa shape index (κ1) is 28.0. The minimum atomic E-state index is -0.975. The zero-order chi connectivity index (χ0) is 28.3. The van der Waals surface area contributed by atoms with E-state index in [1.54, 1.807) is 30.3 Å². The molecule has 2 heterocycles. The fourth-order valence-electron chi connectivity index (χ4n) is 5.23. The molecule has 2 fully saturated rings. The number of carbonyl (C=O) groups is 2. The van der Waals surface area contributed by atoms with E-state index in [4.69, 9.17) is 35.3 Å². The van der Waals surface area contributed by atoms with Crippen molar-refractivity contribution < 1.29 is 33.3 Å². The van der Waals surface area contributed by atoms with Crippen LogP contribution in [0.4, 0.5) is 4.79 Å². The average molecular weight is 566 g/mol. The molecule has 0 radical (unpaired) electrons. The van der Waals surface area contributed by atoms with Crippen LogP contribution in [0.2, 0.25) is 5.02 Å². The number of aryl methyl sites for hydroxylation is 1. The van der Waals surface area contributed by atoms with Crippen LogP contribution in [0.5, 0.6) is 5.75 Å². The van der Waals surface area contributed by atoms with Crippen molar-refractivity contribution in [3.63, 3.8) is 0 Å². The lowest BCUT2D eigenvalue weighted by molar-refractivity contribution is -0.282. The van der Waals surface area contributed by atoms with Crippen LogP contribution in [0.25, 0.3) is 11.1 Å². The van der Waals surface area contributed by atoms with Gasteiger partial charge in [-0.3, -0.25) is 4.79 Å². The van der Waals surface area contributed by atoms with E-state index in [9.17, 15) is 9.59 Å². The maximum absolute atomic E-state index is 13.5. The Balaban J connectivity index is 1.38. The largest absolute Gasteiger partial charge is 0.509 e. The molecule has 2 saturated heterocycles. The first-order chi connectivity index (χ1) is 19.2. The van der Waals surface area contributed by atoms with Crippen molar-refractivity contribution in [2.45, 2.75) is 56.9 Å². The fourth-order valence-corrected chi connectivity index (χ4v) is 5.42. The highest BCUT2D eigenvalue weighted by atomic mass is 35.5. The summed E-state index contributed by atoms with van der Waals surface area (Å²) in [6, 6.07) is 22.7. The first-order valence-electron chi connectivity index (χ1n) is 13.2. The van der Waals surface area contributed by atoms with Gasteiger partial charge in [-0.05, 0) is 73.7 Å². The van der Waals surface area contributed by atoms with Crippen LogP contribution < -0.4 is 10.1 Å². The van der Waals surface area contributed by atoms with Crippen LogP contribution in [0.1, 0.15) is 36.2 Å². The van der Waals surface area contributed by atoms with E-state index >= 15 is 0 Å². The Morgan fingerprint density at radius 1 is 1.00 bits per heavy atom. The molecule has 0 unspecified atom stereocenters. The van der Waals surface area contributed by atoms with Crippen molar-refractivity contribution in [1.29, 1.82) is 0 Å². The van der Waals surface area contributed by atoms with Crippen LogP contribution in [-0.2, 0) is 25.4 Å². The summed E-state index contributed by atoms with van der Waals surface area (Å²) in [5.41, 5.74) is 2.29. The molecule has 3 aromatic carbocycles. The third kappa shape index (κ3) is 6.09. The number of hydrogen-bond acceptors (Lipinski definition) is 7. The monoisotopic (exact) mass is 565 g/mol. The topological polar surface area (TPSA) is 92.3 Å². The third-order valence-corrected chi connectivity index (χ3v) is 7.34. The highest BCUT2D eigenvalue weighted by molar-refractivity contribution is 6.30. The summed E-state index contributed by atoms with van der Waals surface area (Å²) in [5.74, 6) is 0.130. The predicted molar refractivity (Wildman–Crippen MR) is 150 cm³/mol. The molecule has 1 N–H and O–H groups in total. The van der Waals surface area contributed by atoms with Crippen LogP contribution in [0.3, 0.4) is 0 Å². The minimum Gasteiger partial charge on any atom is -0.461 e. The molecular weight excluding hydrogens is 534 g/mol. The van der Waals surface area contributed by atoms with Crippen molar-refractivity contribution >= 4 is 23.7 Å². The predicted octanol–water partition coefficient (Wildman–Crippen LogP) is 5.80. The lowest BCUT2D eigenvalue weighted by atomic mass is 9.89. The summed E-state index contributed by atoms with van der Waals surface area (Å²) in [6.07, 6.45) is -2.23. The van der Waals surface area contributed by atoms with Crippen molar-refractivity contribution in [2.75, 3.05) is 13.7 Å². The van der Waals surface area contributed by atoms with Crippen LogP contribution in [-0.4, -0.2) is 55.9 Å². The standard InChI is InChI=1S/C31H32ClNO7/c1-31(2)27(36-3)25-26(39-30(35)38-25)29(40-31)37-22-14-15-23(20-12-7-13-21(32)17-20)24(18-22)28(34)33-16-8-11-19-9-5-4-6-10-19/h4-7,9-10,12-15,17-18,25-27,29H,8,11,16H2,1-3H3,(H,33,34)/t25-,26+,27+,29+/m0/s1. The van der Waals surface area contributed by atoms with Gasteiger partial charge in [0.2, 0.25) is 12.4 Å². The number of benzene rings is 3. The molecule has 4 atom stereocenters. The van der Waals surface area contributed by atoms with Crippen LogP contribution >= 0.6 is 11.6 Å². The van der Waals surface area contributed by atoms with Crippen LogP contribution in [0, 0.1) is 0 Å². The molecular formula is C31H32ClNO7. The number of ether oxygens (including phenoxy) is 5. The Labute approximate surface area is 238 Å². The molecule has 2 aliphatic heterocycles. The van der Waals surface area contributed by atoms with Gasteiger partial charge in [-0.25, -0.2) is 4.79 Å². The summed E-state index contributed by atoms with van der Waals surface area (Å²) in [4.78, 5) is 25.4. The molecule has 0 bridgehead atoms. The molecule has 2 aliphatic rings. The number of rotatable bonds is 9. The van der Waals surface area contributed by atoms with E-state index in [1.165, 1.54) is 12.7 Å². The highest BCUT2D eigenvalue weighted by Gasteiger charge is 2.58. The van der Waals surface area contributed by atoms with Crippen LogP contribution in [0.15, 0.2) is 72.8 Å². The lowest BCUT2D eigenvalue weighted by Crippen LogP contribution is -2.62. The molecule has 1 amide bonds. The Morgan fingerprint density at radius 2 is 1.77 bits per heavy atom. The molecule has 210 valence electrons. The minimum absolute atomic E-state index is 0.244. The zero-order valence-corrected chi connectivity index (χ0v) is 23.4. The molecule has 5 rings (SSSR count). The maximum atomic E-state index is 13.5. The molecule has 0 saturated carbocycles. The Morgan fingerprint density at radius 3 is 2.52 bits per heavy atom. The first-order valence-corrected chi connectivity index (χ1v) is 13.6. The summed E-state index contributed by atoms with van der Waals surface area (Å²) < 4.78 is 28.7. The van der Waals surface area contributed by atoms with Gasteiger partial charge in [-0.2, -0.15) is 0 Å². The van der Waals surface area contributed by atoms with E-state index in [0.29, 0.717) is 28.4 Å². The summed E-state index contributed by atoms with van der Waals surface area (Å²) >= 11 is 6.26. The Bertz CT molecular complexity index is 1360. The van der Waals surface area contributed by atoms with E-state index in [-0.39, 0.29) is 5.91 Å². The second-order valence-electron chi connectivity index (χ2n) is 10.3. The highest BCUT2D eigenvalue weighted by Crippen LogP contribution is 2.39. The fraction of sp³-hybridized carbons (Fsp3) is 0.355. The van der Waals surface area contributed by atoms with E-state index < -0.39 is 36.4 Å². The van der Waals surface area contributed by atoms with E-state index in [1.807, 2.05) is 44.2 Å². The quantitative estimate of drug-likeness (QED) is 0.259. The Kier molecular flexibility index (Phi) is 8.30. The van der Waals surface area contributed by atoms with Crippen molar-refractivity contribution in [2.24, 2.45) is 0 Å². The normalized spacial score (nSPS) is 23.1. The van der Waals surface area contributed by atoms with Gasteiger partial charge in [-0.1, -0.05) is 54.1 Å². The van der Waals surface area contributed by atoms with Crippen molar-refractivity contribution in [3.05, 3.63) is 88.9 Å². The summed E-state index contributed by atoms with van der Waals surface area (Å²) in [5, 5.41) is 3.59. The molecule has 0 spiro atoms. The molecule has 3 aromatic rings. The Hall–Kier alpha value is -3.59. The van der Waals surface area contributed by atoms with Gasteiger partial charge in [0.25, 0.3) is 5.91 Å². The SMILES string of the molecule is CO[C@@H]1[C@H]2OC(=O)O[C@H]2[C@H](Oc2ccc(-c3cccc(Cl)c3)c(C(=O)NCCCc3ccccc3)c2)OC1(C)C. The van der Waals surface area contributed by atoms with Gasteiger partial charge >= 0.3 is 6.16 Å². The number of hydrogen-bond donors (Lipinski definition) is 1. The number of amides is 1. The third-order valence-electron chi connectivity index (χ3n) is 7.11. The molecule has 40 heavy (non-hydrogen) atoms. The van der Waals surface area contributed by atoms with Crippen molar-refractivity contribution in [1.82, 2.24) is 5.32 Å². The van der Waals surface area contributed by atoms with E-state index in [2.05, 4.69) is 17.4 Å². The average Bonchev–Trinajstić information content (AvgIpc) is 3.32. The second kappa shape index (κ2) is 11.9. The maximum Gasteiger partial charge on any atom is 0.509 e. The molecule has 0 aromatic heterocycles. The van der Waals surface area contributed by atoms with E-state index in [0.717, 1.165) is 18.4 Å². The second-order valence-corrected chi connectivity index (χ2v) is 10.8. The zero-order valence-electron chi connectivity index (χ0n) is 22.6. The number of fused-ring (bicyclic) bond motifs is 1. The number of methoxy groups -OCH3 is 1. The van der Waals surface area contributed by atoms with Gasteiger partial charge in [0.15, 0.2) is 6.10 Å². The number of carbonyl (C=O) groups excluding carboxylic acids is 2. The molecule has 9 heteroatoms. The molecule has 8 nitrogen and oxygen atoms in total. The molecule has 0 aliphatic carbocycles. The van der Waals surface area contributed by atoms with Gasteiger partial charge < -0.3 is 29.0 Å².